The van der Waals surface area contributed by atoms with E-state index in [2.05, 4.69) is 26.0 Å². The molecule has 1 saturated carbocycles. The molecule has 3 rings (SSSR count). The summed E-state index contributed by atoms with van der Waals surface area (Å²) < 4.78 is 5.81. The largest absolute Gasteiger partial charge is 0.493 e. The maximum absolute atomic E-state index is 10.8. The Morgan fingerprint density at radius 1 is 1.33 bits per heavy atom. The zero-order valence-electron chi connectivity index (χ0n) is 11.3. The average molecular weight is 246 g/mol. The smallest absolute Gasteiger partial charge is 0.128 e. The fourth-order valence-corrected chi connectivity index (χ4v) is 3.25. The van der Waals surface area contributed by atoms with Gasteiger partial charge < -0.3 is 9.84 Å². The minimum atomic E-state index is -0.641. The Labute approximate surface area is 109 Å². The van der Waals surface area contributed by atoms with Crippen molar-refractivity contribution in [3.8, 4) is 5.75 Å². The van der Waals surface area contributed by atoms with Crippen LogP contribution in [0.1, 0.15) is 44.2 Å². The van der Waals surface area contributed by atoms with E-state index in [0.717, 1.165) is 43.6 Å². The quantitative estimate of drug-likeness (QED) is 0.868. The van der Waals surface area contributed by atoms with Crippen LogP contribution < -0.4 is 4.74 Å². The Hall–Kier alpha value is -1.02. The zero-order chi connectivity index (χ0) is 12.8. The molecule has 1 aliphatic heterocycles. The zero-order valence-corrected chi connectivity index (χ0v) is 11.3. The standard InChI is InChI=1S/C16H22O2/c1-11(2)13-9-16(17,10-13)14-7-3-5-12-6-4-8-18-15(12)14/h3,5,7,11,13,17H,4,6,8-10H2,1-2H3. The van der Waals surface area contributed by atoms with Crippen molar-refractivity contribution in [1.29, 1.82) is 0 Å². The molecule has 0 amide bonds. The minimum Gasteiger partial charge on any atom is -0.493 e. The second kappa shape index (κ2) is 4.27. The number of aryl methyl sites for hydroxylation is 1. The van der Waals surface area contributed by atoms with Gasteiger partial charge in [-0.25, -0.2) is 0 Å². The van der Waals surface area contributed by atoms with Crippen molar-refractivity contribution in [1.82, 2.24) is 0 Å². The molecule has 2 nitrogen and oxygen atoms in total. The molecule has 0 unspecified atom stereocenters. The molecular weight excluding hydrogens is 224 g/mol. The second-order valence-corrected chi connectivity index (χ2v) is 6.19. The summed E-state index contributed by atoms with van der Waals surface area (Å²) >= 11 is 0. The number of ether oxygens (including phenoxy) is 1. The summed E-state index contributed by atoms with van der Waals surface area (Å²) in [5.41, 5.74) is 1.65. The van der Waals surface area contributed by atoms with E-state index in [9.17, 15) is 5.11 Å². The van der Waals surface area contributed by atoms with Crippen LogP contribution in [0.25, 0.3) is 0 Å². The van der Waals surface area contributed by atoms with Crippen molar-refractivity contribution in [2.24, 2.45) is 11.8 Å². The van der Waals surface area contributed by atoms with Crippen LogP contribution in [0.5, 0.6) is 5.75 Å². The maximum Gasteiger partial charge on any atom is 0.128 e. The van der Waals surface area contributed by atoms with Gasteiger partial charge in [0.05, 0.1) is 12.2 Å². The molecule has 1 N–H and O–H groups in total. The molecule has 0 saturated heterocycles. The molecule has 2 heteroatoms. The molecular formula is C16H22O2. The Kier molecular flexibility index (Phi) is 2.86. The predicted molar refractivity (Wildman–Crippen MR) is 71.7 cm³/mol. The van der Waals surface area contributed by atoms with Crippen molar-refractivity contribution in [3.05, 3.63) is 29.3 Å². The maximum atomic E-state index is 10.8. The third-order valence-electron chi connectivity index (χ3n) is 4.58. The van der Waals surface area contributed by atoms with E-state index in [-0.39, 0.29) is 0 Å². The van der Waals surface area contributed by atoms with Crippen molar-refractivity contribution in [2.45, 2.75) is 45.1 Å². The summed E-state index contributed by atoms with van der Waals surface area (Å²) in [4.78, 5) is 0. The van der Waals surface area contributed by atoms with E-state index in [4.69, 9.17) is 4.74 Å². The molecule has 1 fully saturated rings. The summed E-state index contributed by atoms with van der Waals surface area (Å²) in [7, 11) is 0. The van der Waals surface area contributed by atoms with Gasteiger partial charge in [0.15, 0.2) is 0 Å². The topological polar surface area (TPSA) is 29.5 Å². The fraction of sp³-hybridized carbons (Fsp3) is 0.625. The second-order valence-electron chi connectivity index (χ2n) is 6.19. The molecule has 1 aliphatic carbocycles. The monoisotopic (exact) mass is 246 g/mol. The third-order valence-corrected chi connectivity index (χ3v) is 4.58. The van der Waals surface area contributed by atoms with Crippen LogP contribution >= 0.6 is 0 Å². The van der Waals surface area contributed by atoms with Crippen molar-refractivity contribution < 1.29 is 9.84 Å². The molecule has 1 aromatic carbocycles. The number of hydrogen-bond donors (Lipinski definition) is 1. The summed E-state index contributed by atoms with van der Waals surface area (Å²) in [6.45, 7) is 5.26. The van der Waals surface area contributed by atoms with Gasteiger partial charge in [-0.3, -0.25) is 0 Å². The van der Waals surface area contributed by atoms with Crippen LogP contribution in [0.2, 0.25) is 0 Å². The summed E-state index contributed by atoms with van der Waals surface area (Å²) in [6, 6.07) is 6.23. The molecule has 1 heterocycles. The lowest BCUT2D eigenvalue weighted by Crippen LogP contribution is -2.43. The predicted octanol–water partition coefficient (Wildman–Crippen LogP) is 3.27. The van der Waals surface area contributed by atoms with Gasteiger partial charge in [0.2, 0.25) is 0 Å². The van der Waals surface area contributed by atoms with Crippen molar-refractivity contribution in [3.63, 3.8) is 0 Å². The molecule has 18 heavy (non-hydrogen) atoms. The average Bonchev–Trinajstić information content (AvgIpc) is 2.34. The van der Waals surface area contributed by atoms with Gasteiger partial charge in [0.1, 0.15) is 5.75 Å². The van der Waals surface area contributed by atoms with E-state index in [1.165, 1.54) is 5.56 Å². The Morgan fingerprint density at radius 3 is 2.83 bits per heavy atom. The highest BCUT2D eigenvalue weighted by Crippen LogP contribution is 2.52. The first-order valence-electron chi connectivity index (χ1n) is 7.08. The highest BCUT2D eigenvalue weighted by molar-refractivity contribution is 5.46. The van der Waals surface area contributed by atoms with Crippen LogP contribution in [-0.4, -0.2) is 11.7 Å². The van der Waals surface area contributed by atoms with Gasteiger partial charge in [-0.05, 0) is 43.1 Å². The number of hydrogen-bond acceptors (Lipinski definition) is 2. The fourth-order valence-electron chi connectivity index (χ4n) is 3.25. The molecule has 0 spiro atoms. The van der Waals surface area contributed by atoms with Gasteiger partial charge in [-0.2, -0.15) is 0 Å². The number of fused-ring (bicyclic) bond motifs is 1. The Balaban J connectivity index is 1.89. The van der Waals surface area contributed by atoms with E-state index >= 15 is 0 Å². The lowest BCUT2D eigenvalue weighted by atomic mass is 9.63. The van der Waals surface area contributed by atoms with Crippen LogP contribution in [0.4, 0.5) is 0 Å². The van der Waals surface area contributed by atoms with Crippen LogP contribution in [0.3, 0.4) is 0 Å². The molecule has 1 aromatic rings. The highest BCUT2D eigenvalue weighted by Gasteiger charge is 2.46. The normalized spacial score (nSPS) is 30.6. The van der Waals surface area contributed by atoms with Gasteiger partial charge in [0.25, 0.3) is 0 Å². The highest BCUT2D eigenvalue weighted by atomic mass is 16.5. The van der Waals surface area contributed by atoms with Crippen molar-refractivity contribution in [2.75, 3.05) is 6.61 Å². The molecule has 0 radical (unpaired) electrons. The Morgan fingerprint density at radius 2 is 2.11 bits per heavy atom. The van der Waals surface area contributed by atoms with Gasteiger partial charge in [-0.15, -0.1) is 0 Å². The van der Waals surface area contributed by atoms with E-state index in [1.54, 1.807) is 0 Å². The van der Waals surface area contributed by atoms with Crippen LogP contribution in [-0.2, 0) is 12.0 Å². The number of aliphatic hydroxyl groups is 1. The lowest BCUT2D eigenvalue weighted by molar-refractivity contribution is -0.0949. The number of rotatable bonds is 2. The lowest BCUT2D eigenvalue weighted by Gasteiger charge is -2.47. The van der Waals surface area contributed by atoms with E-state index < -0.39 is 5.60 Å². The number of benzene rings is 1. The third kappa shape index (κ3) is 1.83. The first-order valence-corrected chi connectivity index (χ1v) is 7.08. The molecule has 0 aromatic heterocycles. The molecule has 2 aliphatic rings. The van der Waals surface area contributed by atoms with E-state index in [0.29, 0.717) is 11.8 Å². The summed E-state index contributed by atoms with van der Waals surface area (Å²) in [6.07, 6.45) is 3.92. The first kappa shape index (κ1) is 12.0. The summed E-state index contributed by atoms with van der Waals surface area (Å²) in [5, 5.41) is 10.8. The first-order chi connectivity index (χ1) is 8.60. The SMILES string of the molecule is CC(C)C1CC(O)(c2cccc3c2OCCC3)C1. The van der Waals surface area contributed by atoms with Gasteiger partial charge in [0, 0.05) is 5.56 Å². The Bertz CT molecular complexity index is 444. The summed E-state index contributed by atoms with van der Waals surface area (Å²) in [5.74, 6) is 2.27. The van der Waals surface area contributed by atoms with Crippen LogP contribution in [0, 0.1) is 11.8 Å². The van der Waals surface area contributed by atoms with E-state index in [1.807, 2.05) is 6.07 Å². The molecule has 0 atom stereocenters. The van der Waals surface area contributed by atoms with Crippen LogP contribution in [0.15, 0.2) is 18.2 Å². The van der Waals surface area contributed by atoms with Gasteiger partial charge >= 0.3 is 0 Å². The number of para-hydroxylation sites is 1. The van der Waals surface area contributed by atoms with Gasteiger partial charge in [-0.1, -0.05) is 32.0 Å². The molecule has 98 valence electrons. The van der Waals surface area contributed by atoms with Crippen molar-refractivity contribution >= 4 is 0 Å². The molecule has 0 bridgehead atoms. The minimum absolute atomic E-state index is 0.641.